The molecular formula is C25H35N5O2. The monoisotopic (exact) mass is 437 g/mol. The summed E-state index contributed by atoms with van der Waals surface area (Å²) in [5.74, 6) is -0.502. The number of benzene rings is 2. The summed E-state index contributed by atoms with van der Waals surface area (Å²) >= 11 is 0. The summed E-state index contributed by atoms with van der Waals surface area (Å²) < 4.78 is 0. The van der Waals surface area contributed by atoms with E-state index in [-0.39, 0.29) is 28.6 Å². The molecule has 0 atom stereocenters. The fourth-order valence-corrected chi connectivity index (χ4v) is 3.02. The second kappa shape index (κ2) is 9.85. The second-order valence-electron chi connectivity index (χ2n) is 9.90. The average Bonchev–Trinajstić information content (AvgIpc) is 2.69. The lowest BCUT2D eigenvalue weighted by Gasteiger charge is -2.26. The molecule has 0 bridgehead atoms. The van der Waals surface area contributed by atoms with Crippen LogP contribution in [0.5, 0.6) is 0 Å². The molecule has 0 aliphatic rings. The van der Waals surface area contributed by atoms with Gasteiger partial charge in [-0.3, -0.25) is 14.6 Å². The summed E-state index contributed by atoms with van der Waals surface area (Å²) in [7, 11) is 0. The second-order valence-corrected chi connectivity index (χ2v) is 9.90. The van der Waals surface area contributed by atoms with Crippen LogP contribution < -0.4 is 22.1 Å². The third-order valence-electron chi connectivity index (χ3n) is 5.00. The van der Waals surface area contributed by atoms with Gasteiger partial charge in [0.15, 0.2) is 5.96 Å². The van der Waals surface area contributed by atoms with Crippen LogP contribution in [-0.2, 0) is 10.8 Å². The van der Waals surface area contributed by atoms with Crippen molar-refractivity contribution in [2.75, 3.05) is 18.4 Å². The normalized spacial score (nSPS) is 11.6. The van der Waals surface area contributed by atoms with E-state index in [1.165, 1.54) is 0 Å². The molecule has 2 amide bonds. The van der Waals surface area contributed by atoms with Crippen LogP contribution in [-0.4, -0.2) is 30.9 Å². The van der Waals surface area contributed by atoms with E-state index in [1.54, 1.807) is 24.3 Å². The van der Waals surface area contributed by atoms with Crippen molar-refractivity contribution >= 4 is 23.5 Å². The molecule has 0 aliphatic carbocycles. The Bertz CT molecular complexity index is 977. The largest absolute Gasteiger partial charge is 0.370 e. The van der Waals surface area contributed by atoms with Crippen LogP contribution in [0, 0.1) is 0 Å². The van der Waals surface area contributed by atoms with Gasteiger partial charge in [-0.05, 0) is 52.3 Å². The third-order valence-corrected chi connectivity index (χ3v) is 5.00. The minimum Gasteiger partial charge on any atom is -0.370 e. The first-order valence-electron chi connectivity index (χ1n) is 10.7. The van der Waals surface area contributed by atoms with Gasteiger partial charge in [0.25, 0.3) is 11.8 Å². The summed E-state index contributed by atoms with van der Waals surface area (Å²) in [4.78, 5) is 29.3. The third kappa shape index (κ3) is 7.11. The minimum absolute atomic E-state index is 0.0193. The highest BCUT2D eigenvalue weighted by atomic mass is 16.2. The Hall–Kier alpha value is -3.35. The predicted octanol–water partition coefficient (Wildman–Crippen LogP) is 3.54. The molecule has 0 heterocycles. The molecule has 2 aromatic carbocycles. The zero-order valence-corrected chi connectivity index (χ0v) is 19.9. The summed E-state index contributed by atoms with van der Waals surface area (Å²) in [6.07, 6.45) is 0. The molecule has 2 rings (SSSR count). The minimum atomic E-state index is -0.267. The van der Waals surface area contributed by atoms with Gasteiger partial charge in [-0.2, -0.15) is 0 Å². The van der Waals surface area contributed by atoms with Gasteiger partial charge in [-0.25, -0.2) is 0 Å². The number of nitrogens with two attached hydrogens (primary N) is 2. The standard InChI is InChI=1S/C25H35N5O2/c1-24(2,3)18-12-17(13-19(15-18)25(4,5)6)22(32)30-20-9-7-8-16(14-20)21(31)28-10-11-29-23(26)27/h7-9,12-15H,10-11H2,1-6H3,(H,28,31)(H,30,32)(H4,26,27,29). The van der Waals surface area contributed by atoms with Crippen LogP contribution >= 0.6 is 0 Å². The zero-order valence-electron chi connectivity index (χ0n) is 19.9. The highest BCUT2D eigenvalue weighted by Crippen LogP contribution is 2.30. The van der Waals surface area contributed by atoms with Crippen molar-refractivity contribution in [3.8, 4) is 0 Å². The van der Waals surface area contributed by atoms with Crippen molar-refractivity contribution in [2.24, 2.45) is 16.5 Å². The highest BCUT2D eigenvalue weighted by Gasteiger charge is 2.22. The smallest absolute Gasteiger partial charge is 0.255 e. The first kappa shape index (κ1) is 24.9. The Labute approximate surface area is 190 Å². The Kier molecular flexibility index (Phi) is 7.67. The van der Waals surface area contributed by atoms with Gasteiger partial charge in [-0.15, -0.1) is 0 Å². The van der Waals surface area contributed by atoms with E-state index in [9.17, 15) is 9.59 Å². The predicted molar refractivity (Wildman–Crippen MR) is 131 cm³/mol. The number of guanidine groups is 1. The molecule has 6 N–H and O–H groups in total. The SMILES string of the molecule is CC(C)(C)c1cc(C(=O)Nc2cccc(C(=O)NCCN=C(N)N)c2)cc(C(C)(C)C)c1. The molecule has 0 spiro atoms. The Balaban J connectivity index is 2.22. The maximum Gasteiger partial charge on any atom is 0.255 e. The lowest BCUT2D eigenvalue weighted by atomic mass is 9.79. The molecule has 0 fully saturated rings. The van der Waals surface area contributed by atoms with E-state index in [1.807, 2.05) is 12.1 Å². The molecule has 0 saturated heterocycles. The molecule has 172 valence electrons. The molecule has 0 unspecified atom stereocenters. The van der Waals surface area contributed by atoms with Gasteiger partial charge in [-0.1, -0.05) is 53.7 Å². The number of nitrogens with one attached hydrogen (secondary N) is 2. The van der Waals surface area contributed by atoms with Gasteiger partial charge in [0.2, 0.25) is 0 Å². The van der Waals surface area contributed by atoms with E-state index in [2.05, 4.69) is 63.2 Å². The summed E-state index contributed by atoms with van der Waals surface area (Å²) in [6.45, 7) is 13.4. The molecule has 32 heavy (non-hydrogen) atoms. The highest BCUT2D eigenvalue weighted by molar-refractivity contribution is 6.05. The topological polar surface area (TPSA) is 123 Å². The van der Waals surface area contributed by atoms with Gasteiger partial charge in [0.1, 0.15) is 0 Å². The Morgan fingerprint density at radius 3 is 1.97 bits per heavy atom. The van der Waals surface area contributed by atoms with E-state index in [0.29, 0.717) is 29.9 Å². The van der Waals surface area contributed by atoms with Gasteiger partial charge in [0.05, 0.1) is 6.54 Å². The molecule has 2 aromatic rings. The van der Waals surface area contributed by atoms with Gasteiger partial charge < -0.3 is 22.1 Å². The van der Waals surface area contributed by atoms with E-state index >= 15 is 0 Å². The van der Waals surface area contributed by atoms with Crippen molar-refractivity contribution in [1.82, 2.24) is 5.32 Å². The van der Waals surface area contributed by atoms with Crippen LogP contribution in [0.2, 0.25) is 0 Å². The van der Waals surface area contributed by atoms with Gasteiger partial charge >= 0.3 is 0 Å². The van der Waals surface area contributed by atoms with Crippen molar-refractivity contribution in [3.63, 3.8) is 0 Å². The summed E-state index contributed by atoms with van der Waals surface area (Å²) in [5, 5.41) is 5.66. The van der Waals surface area contributed by atoms with Crippen LogP contribution in [0.15, 0.2) is 47.5 Å². The van der Waals surface area contributed by atoms with Crippen molar-refractivity contribution in [2.45, 2.75) is 52.4 Å². The number of amides is 2. The quantitative estimate of drug-likeness (QED) is 0.314. The van der Waals surface area contributed by atoms with Crippen LogP contribution in [0.4, 0.5) is 5.69 Å². The number of hydrogen-bond donors (Lipinski definition) is 4. The molecular weight excluding hydrogens is 402 g/mol. The van der Waals surface area contributed by atoms with E-state index in [0.717, 1.165) is 11.1 Å². The molecule has 0 radical (unpaired) electrons. The lowest BCUT2D eigenvalue weighted by Crippen LogP contribution is -2.28. The average molecular weight is 438 g/mol. The number of anilines is 1. The molecule has 0 aliphatic heterocycles. The molecule has 0 saturated carbocycles. The summed E-state index contributed by atoms with van der Waals surface area (Å²) in [5.41, 5.74) is 14.1. The number of rotatable bonds is 6. The Morgan fingerprint density at radius 2 is 1.44 bits per heavy atom. The number of carbonyl (C=O) groups excluding carboxylic acids is 2. The number of hydrogen-bond acceptors (Lipinski definition) is 3. The first-order valence-corrected chi connectivity index (χ1v) is 10.7. The number of nitrogens with zero attached hydrogens (tertiary/aromatic N) is 1. The Morgan fingerprint density at radius 1 is 0.844 bits per heavy atom. The fraction of sp³-hybridized carbons (Fsp3) is 0.400. The lowest BCUT2D eigenvalue weighted by molar-refractivity contribution is 0.0953. The van der Waals surface area contributed by atoms with Crippen molar-refractivity contribution in [1.29, 1.82) is 0 Å². The van der Waals surface area contributed by atoms with E-state index < -0.39 is 0 Å². The van der Waals surface area contributed by atoms with Crippen LogP contribution in [0.25, 0.3) is 0 Å². The zero-order chi connectivity index (χ0) is 24.1. The van der Waals surface area contributed by atoms with Crippen LogP contribution in [0.1, 0.15) is 73.4 Å². The van der Waals surface area contributed by atoms with Crippen LogP contribution in [0.3, 0.4) is 0 Å². The number of carbonyl (C=O) groups is 2. The van der Waals surface area contributed by atoms with Gasteiger partial charge in [0, 0.05) is 23.4 Å². The summed E-state index contributed by atoms with van der Waals surface area (Å²) in [6, 6.07) is 12.9. The molecule has 0 aromatic heterocycles. The first-order chi connectivity index (χ1) is 14.8. The fourth-order valence-electron chi connectivity index (χ4n) is 3.02. The van der Waals surface area contributed by atoms with Crippen molar-refractivity contribution in [3.05, 3.63) is 64.7 Å². The van der Waals surface area contributed by atoms with E-state index in [4.69, 9.17) is 11.5 Å². The maximum absolute atomic E-state index is 13.1. The molecule has 7 heteroatoms. The van der Waals surface area contributed by atoms with Crippen molar-refractivity contribution < 1.29 is 9.59 Å². The maximum atomic E-state index is 13.1. The molecule has 7 nitrogen and oxygen atoms in total. The number of aliphatic imine (C=N–C) groups is 1.